The Bertz CT molecular complexity index is 991. The lowest BCUT2D eigenvalue weighted by Crippen LogP contribution is -2.42. The van der Waals surface area contributed by atoms with Gasteiger partial charge in [0.05, 0.1) is 18.8 Å². The van der Waals surface area contributed by atoms with Gasteiger partial charge in [0.2, 0.25) is 6.10 Å². The van der Waals surface area contributed by atoms with Gasteiger partial charge in [0.1, 0.15) is 18.0 Å². The number of rotatable bonds is 4. The minimum atomic E-state index is -4.88. The third-order valence-electron chi connectivity index (χ3n) is 5.68. The van der Waals surface area contributed by atoms with Crippen LogP contribution in [0, 0.1) is 4.91 Å². The van der Waals surface area contributed by atoms with E-state index in [1.807, 2.05) is 20.8 Å². The molecule has 8 nitrogen and oxygen atoms in total. The number of alkyl halides is 3. The average molecular weight is 492 g/mol. The summed E-state index contributed by atoms with van der Waals surface area (Å²) in [6.45, 7) is 5.43. The van der Waals surface area contributed by atoms with Crippen molar-refractivity contribution in [1.82, 2.24) is 0 Å². The molecule has 4 rings (SSSR count). The third kappa shape index (κ3) is 4.53. The van der Waals surface area contributed by atoms with E-state index >= 15 is 0 Å². The molecule has 1 aromatic rings. The largest absolute Gasteiger partial charge is 0.475 e. The Kier molecular flexibility index (Phi) is 6.08. The fourth-order valence-electron chi connectivity index (χ4n) is 4.08. The second kappa shape index (κ2) is 8.44. The van der Waals surface area contributed by atoms with Crippen LogP contribution < -0.4 is 4.74 Å². The van der Waals surface area contributed by atoms with Crippen molar-refractivity contribution in [3.63, 3.8) is 0 Å². The third-order valence-corrected chi connectivity index (χ3v) is 5.99. The minimum absolute atomic E-state index is 0.0336. The molecule has 0 spiro atoms. The van der Waals surface area contributed by atoms with Gasteiger partial charge >= 0.3 is 12.1 Å². The van der Waals surface area contributed by atoms with E-state index in [1.54, 1.807) is 0 Å². The van der Waals surface area contributed by atoms with Crippen molar-refractivity contribution in [2.24, 2.45) is 5.34 Å². The number of hydrogen-bond donors (Lipinski definition) is 0. The molecule has 3 aliphatic heterocycles. The fourth-order valence-corrected chi connectivity index (χ4v) is 4.54. The lowest BCUT2D eigenvalue weighted by molar-refractivity contribution is -0.189. The summed E-state index contributed by atoms with van der Waals surface area (Å²) in [7, 11) is 0. The molecule has 0 aliphatic carbocycles. The molecule has 0 aromatic heterocycles. The van der Waals surface area contributed by atoms with Crippen LogP contribution in [0.1, 0.15) is 31.9 Å². The van der Waals surface area contributed by atoms with Gasteiger partial charge < -0.3 is 23.8 Å². The van der Waals surface area contributed by atoms with E-state index in [1.165, 1.54) is 12.1 Å². The Labute approximate surface area is 191 Å². The van der Waals surface area contributed by atoms with Crippen molar-refractivity contribution >= 4 is 23.6 Å². The van der Waals surface area contributed by atoms with Crippen LogP contribution in [-0.4, -0.2) is 55.9 Å². The van der Waals surface area contributed by atoms with Gasteiger partial charge in [0, 0.05) is 10.6 Å². The van der Waals surface area contributed by atoms with Crippen LogP contribution in [0.4, 0.5) is 13.2 Å². The zero-order valence-electron chi connectivity index (χ0n) is 17.8. The summed E-state index contributed by atoms with van der Waals surface area (Å²) in [5.41, 5.74) is -0.327. The molecule has 1 unspecified atom stereocenters. The number of halogens is 4. The van der Waals surface area contributed by atoms with Gasteiger partial charge in [-0.05, 0) is 29.2 Å². The number of benzene rings is 1. The number of hydrogen-bond acceptors (Lipinski definition) is 8. The maximum Gasteiger partial charge on any atom is 0.430 e. The SMILES string of the molecule is CC(C)(C)c1cc2c(cc1Cl)C=C(C(=O)O[C@H]1CO[C@H]3[C@@H]1OC[C@H]3ON=O)C(C(F)(F)F)O2. The van der Waals surface area contributed by atoms with Gasteiger partial charge in [-0.25, -0.2) is 4.79 Å². The summed E-state index contributed by atoms with van der Waals surface area (Å²) >= 11 is 6.34. The molecular weight excluding hydrogens is 471 g/mol. The van der Waals surface area contributed by atoms with Crippen LogP contribution in [0.5, 0.6) is 5.75 Å². The molecule has 2 saturated heterocycles. The lowest BCUT2D eigenvalue weighted by Gasteiger charge is -2.30. The van der Waals surface area contributed by atoms with Crippen molar-refractivity contribution in [2.45, 2.75) is 62.9 Å². The van der Waals surface area contributed by atoms with Crippen LogP contribution in [0.3, 0.4) is 0 Å². The number of carbonyl (C=O) groups is 1. The molecule has 5 atom stereocenters. The fraction of sp³-hybridized carbons (Fsp3) is 0.571. The van der Waals surface area contributed by atoms with Gasteiger partial charge in [-0.3, -0.25) is 0 Å². The van der Waals surface area contributed by atoms with Crippen LogP contribution in [0.2, 0.25) is 5.02 Å². The Morgan fingerprint density at radius 3 is 2.36 bits per heavy atom. The molecule has 3 heterocycles. The van der Waals surface area contributed by atoms with Gasteiger partial charge in [0.15, 0.2) is 17.5 Å². The van der Waals surface area contributed by atoms with E-state index in [4.69, 9.17) is 30.5 Å². The first kappa shape index (κ1) is 23.8. The topological polar surface area (TPSA) is 92.7 Å². The molecule has 12 heteroatoms. The predicted molar refractivity (Wildman–Crippen MR) is 109 cm³/mol. The molecule has 0 radical (unpaired) electrons. The standard InChI is InChI=1S/C21H21ClF3NO7/c1-20(2,3)11-6-13-9(5-12(11)22)4-10(18(31-13)21(23,24)25)19(27)32-14-7-29-17-15(33-26-28)8-30-16(14)17/h4-6,14-18H,7-8H2,1-3H3/t14-,15+,16+,17+,18?/m0/s1. The molecular formula is C21H21ClF3NO7. The first-order valence-electron chi connectivity index (χ1n) is 10.1. The Morgan fingerprint density at radius 2 is 1.76 bits per heavy atom. The van der Waals surface area contributed by atoms with Crippen molar-refractivity contribution in [2.75, 3.05) is 13.2 Å². The normalized spacial score (nSPS) is 28.9. The smallest absolute Gasteiger partial charge is 0.430 e. The first-order chi connectivity index (χ1) is 15.4. The summed E-state index contributed by atoms with van der Waals surface area (Å²) < 4.78 is 62.9. The number of ether oxygens (including phenoxy) is 4. The van der Waals surface area contributed by atoms with Crippen LogP contribution in [0.15, 0.2) is 23.0 Å². The average Bonchev–Trinajstić information content (AvgIpc) is 3.28. The zero-order chi connectivity index (χ0) is 24.1. The monoisotopic (exact) mass is 491 g/mol. The molecule has 0 N–H and O–H groups in total. The maximum absolute atomic E-state index is 13.8. The van der Waals surface area contributed by atoms with Crippen molar-refractivity contribution in [3.8, 4) is 5.75 Å². The summed E-state index contributed by atoms with van der Waals surface area (Å²) in [4.78, 5) is 27.8. The summed E-state index contributed by atoms with van der Waals surface area (Å²) in [5.74, 6) is -1.26. The summed E-state index contributed by atoms with van der Waals surface area (Å²) in [6, 6.07) is 2.92. The Hall–Kier alpha value is -2.37. The minimum Gasteiger partial charge on any atom is -0.475 e. The van der Waals surface area contributed by atoms with Gasteiger partial charge in [-0.15, -0.1) is 4.91 Å². The molecule has 1 aromatic carbocycles. The quantitative estimate of drug-likeness (QED) is 0.355. The van der Waals surface area contributed by atoms with Gasteiger partial charge in [0.25, 0.3) is 0 Å². The van der Waals surface area contributed by atoms with E-state index < -0.39 is 53.7 Å². The Balaban J connectivity index is 1.61. The zero-order valence-corrected chi connectivity index (χ0v) is 18.6. The molecule has 2 fully saturated rings. The summed E-state index contributed by atoms with van der Waals surface area (Å²) in [5, 5.41) is 2.68. The highest BCUT2D eigenvalue weighted by molar-refractivity contribution is 6.31. The Morgan fingerprint density at radius 1 is 1.12 bits per heavy atom. The summed E-state index contributed by atoms with van der Waals surface area (Å²) in [6.07, 6.45) is -9.64. The van der Waals surface area contributed by atoms with E-state index in [2.05, 4.69) is 10.2 Å². The van der Waals surface area contributed by atoms with Crippen LogP contribution in [-0.2, 0) is 29.3 Å². The molecule has 0 bridgehead atoms. The molecule has 0 saturated carbocycles. The molecule has 33 heavy (non-hydrogen) atoms. The highest BCUT2D eigenvalue weighted by Gasteiger charge is 2.53. The van der Waals surface area contributed by atoms with Gasteiger partial charge in [-0.2, -0.15) is 13.2 Å². The van der Waals surface area contributed by atoms with Crippen molar-refractivity contribution in [1.29, 1.82) is 0 Å². The van der Waals surface area contributed by atoms with E-state index in [9.17, 15) is 22.9 Å². The van der Waals surface area contributed by atoms with Crippen molar-refractivity contribution < 1.29 is 41.8 Å². The van der Waals surface area contributed by atoms with E-state index in [-0.39, 0.29) is 24.5 Å². The second-order valence-electron chi connectivity index (χ2n) is 9.02. The highest BCUT2D eigenvalue weighted by atomic mass is 35.5. The van der Waals surface area contributed by atoms with Gasteiger partial charge in [-0.1, -0.05) is 32.4 Å². The van der Waals surface area contributed by atoms with Crippen molar-refractivity contribution in [3.05, 3.63) is 38.8 Å². The predicted octanol–water partition coefficient (Wildman–Crippen LogP) is 4.12. The molecule has 3 aliphatic rings. The number of nitrogens with zero attached hydrogens (tertiary/aromatic N) is 1. The number of esters is 1. The van der Waals surface area contributed by atoms with Crippen LogP contribution in [0.25, 0.3) is 6.08 Å². The first-order valence-corrected chi connectivity index (χ1v) is 10.5. The highest BCUT2D eigenvalue weighted by Crippen LogP contribution is 2.42. The second-order valence-corrected chi connectivity index (χ2v) is 9.42. The molecule has 0 amide bonds. The van der Waals surface area contributed by atoms with Crippen LogP contribution >= 0.6 is 11.6 Å². The van der Waals surface area contributed by atoms with E-state index in [0.29, 0.717) is 10.6 Å². The maximum atomic E-state index is 13.8. The van der Waals surface area contributed by atoms with E-state index in [0.717, 1.165) is 6.08 Å². The molecule has 180 valence electrons. The lowest BCUT2D eigenvalue weighted by atomic mass is 9.85. The number of fused-ring (bicyclic) bond motifs is 2. The number of carbonyl (C=O) groups excluding carboxylic acids is 1.